The van der Waals surface area contributed by atoms with Crippen LogP contribution in [-0.2, 0) is 15.1 Å². The second-order valence-corrected chi connectivity index (χ2v) is 7.72. The maximum atomic E-state index is 12.9. The first-order chi connectivity index (χ1) is 13.2. The van der Waals surface area contributed by atoms with Crippen molar-refractivity contribution in [1.29, 1.82) is 0 Å². The molecule has 1 atom stereocenters. The number of rotatable bonds is 5. The Bertz CT molecular complexity index is 819. The van der Waals surface area contributed by atoms with E-state index in [0.717, 1.165) is 17.5 Å². The Morgan fingerprint density at radius 2 is 1.70 bits per heavy atom. The lowest BCUT2D eigenvalue weighted by molar-refractivity contribution is -0.132. The van der Waals surface area contributed by atoms with E-state index in [4.69, 9.17) is 4.74 Å². The minimum atomic E-state index is -0.981. The predicted molar refractivity (Wildman–Crippen MR) is 108 cm³/mol. The molecule has 2 aromatic carbocycles. The first kappa shape index (κ1) is 18.0. The molecule has 27 heavy (non-hydrogen) atoms. The molecule has 140 valence electrons. The summed E-state index contributed by atoms with van der Waals surface area (Å²) in [6, 6.07) is 18.2. The summed E-state index contributed by atoms with van der Waals surface area (Å²) in [5.41, 5.74) is 2.18. The fourth-order valence-corrected chi connectivity index (χ4v) is 4.42. The van der Waals surface area contributed by atoms with Gasteiger partial charge in [-0.05, 0) is 36.5 Å². The van der Waals surface area contributed by atoms with Gasteiger partial charge in [0.2, 0.25) is 11.5 Å². The van der Waals surface area contributed by atoms with E-state index in [1.807, 2.05) is 30.3 Å². The topological polar surface area (TPSA) is 38.7 Å². The van der Waals surface area contributed by atoms with Crippen LogP contribution in [0.15, 0.2) is 59.6 Å². The Morgan fingerprint density at radius 1 is 1.00 bits per heavy atom. The van der Waals surface area contributed by atoms with E-state index in [2.05, 4.69) is 36.2 Å². The van der Waals surface area contributed by atoms with Gasteiger partial charge in [0.25, 0.3) is 5.91 Å². The molecule has 0 N–H and O–H groups in total. The van der Waals surface area contributed by atoms with E-state index >= 15 is 0 Å². The Labute approximate surface area is 161 Å². The number of carbonyl (C=O) groups is 1. The third-order valence-corrected chi connectivity index (χ3v) is 5.90. The zero-order chi connectivity index (χ0) is 18.7. The second kappa shape index (κ2) is 7.67. The van der Waals surface area contributed by atoms with Crippen molar-refractivity contribution in [3.63, 3.8) is 0 Å². The zero-order valence-corrected chi connectivity index (χ0v) is 16.0. The Hall–Kier alpha value is -2.42. The molecule has 0 unspecified atom stereocenters. The summed E-state index contributed by atoms with van der Waals surface area (Å²) >= 11 is 0. The number of ether oxygens (including phenoxy) is 1. The molecule has 2 aromatic rings. The highest BCUT2D eigenvalue weighted by Crippen LogP contribution is 2.39. The SMILES string of the molecule is CCC[C@]1(c2ccc(C3CCCCC3)cc2)OC(c2ccccc2)=NC1=O. The van der Waals surface area contributed by atoms with Gasteiger partial charge in [0, 0.05) is 17.5 Å². The Kier molecular flexibility index (Phi) is 5.11. The summed E-state index contributed by atoms with van der Waals surface area (Å²) in [7, 11) is 0. The van der Waals surface area contributed by atoms with Crippen molar-refractivity contribution in [2.24, 2.45) is 4.99 Å². The van der Waals surface area contributed by atoms with Crippen LogP contribution in [-0.4, -0.2) is 11.8 Å². The van der Waals surface area contributed by atoms with E-state index in [1.165, 1.54) is 37.7 Å². The summed E-state index contributed by atoms with van der Waals surface area (Å²) in [4.78, 5) is 17.2. The van der Waals surface area contributed by atoms with Crippen molar-refractivity contribution in [2.45, 2.75) is 63.4 Å². The van der Waals surface area contributed by atoms with Crippen molar-refractivity contribution in [3.8, 4) is 0 Å². The monoisotopic (exact) mass is 361 g/mol. The van der Waals surface area contributed by atoms with Crippen molar-refractivity contribution in [3.05, 3.63) is 71.3 Å². The van der Waals surface area contributed by atoms with Gasteiger partial charge in [0.15, 0.2) is 0 Å². The number of hydrogen-bond donors (Lipinski definition) is 0. The van der Waals surface area contributed by atoms with Crippen LogP contribution in [0.5, 0.6) is 0 Å². The van der Waals surface area contributed by atoms with Crippen molar-refractivity contribution >= 4 is 11.8 Å². The van der Waals surface area contributed by atoms with Crippen molar-refractivity contribution < 1.29 is 9.53 Å². The van der Waals surface area contributed by atoms with Crippen molar-refractivity contribution in [2.75, 3.05) is 0 Å². The third kappa shape index (κ3) is 3.43. The number of hydrogen-bond acceptors (Lipinski definition) is 2. The van der Waals surface area contributed by atoms with Gasteiger partial charge in [-0.25, -0.2) is 0 Å². The van der Waals surface area contributed by atoms with E-state index in [1.54, 1.807) is 0 Å². The van der Waals surface area contributed by atoms with E-state index in [0.29, 0.717) is 18.2 Å². The highest BCUT2D eigenvalue weighted by Gasteiger charge is 2.47. The summed E-state index contributed by atoms with van der Waals surface area (Å²) in [5, 5.41) is 0. The summed E-state index contributed by atoms with van der Waals surface area (Å²) < 4.78 is 6.26. The molecule has 1 aliphatic carbocycles. The fourth-order valence-electron chi connectivity index (χ4n) is 4.42. The van der Waals surface area contributed by atoms with Gasteiger partial charge in [-0.2, -0.15) is 4.99 Å². The molecule has 1 saturated carbocycles. The van der Waals surface area contributed by atoms with Gasteiger partial charge in [0.1, 0.15) is 0 Å². The average molecular weight is 361 g/mol. The molecule has 1 fully saturated rings. The smallest absolute Gasteiger partial charge is 0.297 e. The highest BCUT2D eigenvalue weighted by molar-refractivity contribution is 6.09. The van der Waals surface area contributed by atoms with E-state index in [9.17, 15) is 4.79 Å². The quantitative estimate of drug-likeness (QED) is 0.682. The van der Waals surface area contributed by atoms with Gasteiger partial charge < -0.3 is 4.74 Å². The van der Waals surface area contributed by atoms with Gasteiger partial charge in [-0.1, -0.05) is 75.1 Å². The molecule has 0 spiro atoms. The summed E-state index contributed by atoms with van der Waals surface area (Å²) in [6.45, 7) is 2.08. The molecular formula is C24H27NO2. The maximum absolute atomic E-state index is 12.9. The molecule has 1 heterocycles. The van der Waals surface area contributed by atoms with Crippen LogP contribution in [0.1, 0.15) is 74.5 Å². The number of nitrogens with zero attached hydrogens (tertiary/aromatic N) is 1. The largest absolute Gasteiger partial charge is 0.455 e. The van der Waals surface area contributed by atoms with Crippen LogP contribution in [0.25, 0.3) is 0 Å². The second-order valence-electron chi connectivity index (χ2n) is 7.72. The molecule has 0 saturated heterocycles. The lowest BCUT2D eigenvalue weighted by Gasteiger charge is -2.28. The van der Waals surface area contributed by atoms with Gasteiger partial charge in [0.05, 0.1) is 0 Å². The molecule has 4 rings (SSSR count). The molecule has 3 nitrogen and oxygen atoms in total. The molecule has 1 amide bonds. The standard InChI is InChI=1S/C24H27NO2/c1-2-17-24(23(26)25-22(27-24)20-11-7-4-8-12-20)21-15-13-19(14-16-21)18-9-5-3-6-10-18/h4,7-8,11-16,18H,2-3,5-6,9-10,17H2,1H3/t24-/m1/s1. The van der Waals surface area contributed by atoms with E-state index in [-0.39, 0.29) is 5.91 Å². The first-order valence-electron chi connectivity index (χ1n) is 10.2. The van der Waals surface area contributed by atoms with Crippen LogP contribution < -0.4 is 0 Å². The number of amides is 1. The molecule has 0 radical (unpaired) electrons. The molecular weight excluding hydrogens is 334 g/mol. The number of aliphatic imine (C=N–C) groups is 1. The number of carbonyl (C=O) groups excluding carboxylic acids is 1. The third-order valence-electron chi connectivity index (χ3n) is 5.90. The molecule has 2 aliphatic rings. The van der Waals surface area contributed by atoms with Crippen LogP contribution in [0, 0.1) is 0 Å². The lowest BCUT2D eigenvalue weighted by Crippen LogP contribution is -2.34. The molecule has 1 aliphatic heterocycles. The van der Waals surface area contributed by atoms with Crippen LogP contribution >= 0.6 is 0 Å². The fraction of sp³-hybridized carbons (Fsp3) is 0.417. The first-order valence-corrected chi connectivity index (χ1v) is 10.2. The Balaban J connectivity index is 1.62. The minimum Gasteiger partial charge on any atom is -0.455 e. The minimum absolute atomic E-state index is 0.186. The zero-order valence-electron chi connectivity index (χ0n) is 16.0. The normalized spacial score (nSPS) is 23.1. The molecule has 3 heteroatoms. The van der Waals surface area contributed by atoms with Gasteiger partial charge in [-0.3, -0.25) is 4.79 Å². The van der Waals surface area contributed by atoms with Gasteiger partial charge in [-0.15, -0.1) is 0 Å². The Morgan fingerprint density at radius 3 is 2.37 bits per heavy atom. The average Bonchev–Trinajstić information content (AvgIpc) is 3.07. The van der Waals surface area contributed by atoms with Crippen molar-refractivity contribution in [1.82, 2.24) is 0 Å². The van der Waals surface area contributed by atoms with Gasteiger partial charge >= 0.3 is 0 Å². The van der Waals surface area contributed by atoms with E-state index < -0.39 is 5.60 Å². The summed E-state index contributed by atoms with van der Waals surface area (Å²) in [6.07, 6.45) is 8.04. The highest BCUT2D eigenvalue weighted by atomic mass is 16.5. The number of benzene rings is 2. The van der Waals surface area contributed by atoms with Crippen LogP contribution in [0.3, 0.4) is 0 Å². The maximum Gasteiger partial charge on any atom is 0.297 e. The van der Waals surface area contributed by atoms with Crippen LogP contribution in [0.2, 0.25) is 0 Å². The van der Waals surface area contributed by atoms with Crippen LogP contribution in [0.4, 0.5) is 0 Å². The molecule has 0 bridgehead atoms. The lowest BCUT2D eigenvalue weighted by atomic mass is 9.82. The molecule has 0 aromatic heterocycles. The predicted octanol–water partition coefficient (Wildman–Crippen LogP) is 5.73. The summed E-state index contributed by atoms with van der Waals surface area (Å²) in [5.74, 6) is 0.908.